The number of nitrogens with zero attached hydrogens (tertiary/aromatic N) is 1. The lowest BCUT2D eigenvalue weighted by molar-refractivity contribution is -0.120. The highest BCUT2D eigenvalue weighted by Crippen LogP contribution is 2.22. The summed E-state index contributed by atoms with van der Waals surface area (Å²) in [5.41, 5.74) is 3.90. The Labute approximate surface area is 118 Å². The van der Waals surface area contributed by atoms with Crippen LogP contribution >= 0.6 is 0 Å². The SMILES string of the molecule is Cc1nc2ccccc2c(C)c1CC(=O)NCC(C)O. The van der Waals surface area contributed by atoms with Gasteiger partial charge in [0.1, 0.15) is 0 Å². The number of aliphatic hydroxyl groups is 1. The Bertz CT molecular complexity index is 636. The number of fused-ring (bicyclic) bond motifs is 1. The molecule has 1 amide bonds. The monoisotopic (exact) mass is 272 g/mol. The van der Waals surface area contributed by atoms with Gasteiger partial charge in [-0.3, -0.25) is 9.78 Å². The van der Waals surface area contributed by atoms with Crippen molar-refractivity contribution in [1.82, 2.24) is 10.3 Å². The first kappa shape index (κ1) is 14.5. The molecule has 4 nitrogen and oxygen atoms in total. The Morgan fingerprint density at radius 3 is 2.75 bits per heavy atom. The molecule has 0 radical (unpaired) electrons. The maximum absolute atomic E-state index is 11.9. The summed E-state index contributed by atoms with van der Waals surface area (Å²) in [5, 5.41) is 13.0. The second-order valence-electron chi connectivity index (χ2n) is 5.15. The third kappa shape index (κ3) is 3.14. The molecule has 0 aliphatic rings. The van der Waals surface area contributed by atoms with E-state index in [2.05, 4.69) is 10.3 Å². The van der Waals surface area contributed by atoms with Crippen LogP contribution in [0.5, 0.6) is 0 Å². The summed E-state index contributed by atoms with van der Waals surface area (Å²) >= 11 is 0. The van der Waals surface area contributed by atoms with E-state index in [1.54, 1.807) is 6.92 Å². The van der Waals surface area contributed by atoms with Crippen LogP contribution in [-0.2, 0) is 11.2 Å². The summed E-state index contributed by atoms with van der Waals surface area (Å²) in [6.45, 7) is 5.87. The molecule has 2 aromatic rings. The number of carbonyl (C=O) groups excluding carboxylic acids is 1. The summed E-state index contributed by atoms with van der Waals surface area (Å²) in [4.78, 5) is 16.5. The Hall–Kier alpha value is -1.94. The van der Waals surface area contributed by atoms with Gasteiger partial charge in [0.15, 0.2) is 0 Å². The van der Waals surface area contributed by atoms with Gasteiger partial charge in [-0.15, -0.1) is 0 Å². The highest BCUT2D eigenvalue weighted by molar-refractivity contribution is 5.86. The number of aromatic nitrogens is 1. The second-order valence-corrected chi connectivity index (χ2v) is 5.15. The molecule has 20 heavy (non-hydrogen) atoms. The maximum atomic E-state index is 11.9. The number of aliphatic hydroxyl groups excluding tert-OH is 1. The van der Waals surface area contributed by atoms with Crippen LogP contribution in [0.15, 0.2) is 24.3 Å². The van der Waals surface area contributed by atoms with E-state index in [0.717, 1.165) is 27.7 Å². The van der Waals surface area contributed by atoms with E-state index >= 15 is 0 Å². The van der Waals surface area contributed by atoms with E-state index in [1.807, 2.05) is 38.1 Å². The Balaban J connectivity index is 2.28. The summed E-state index contributed by atoms with van der Waals surface area (Å²) < 4.78 is 0. The normalized spacial score (nSPS) is 12.4. The van der Waals surface area contributed by atoms with Crippen LogP contribution in [0.25, 0.3) is 10.9 Å². The van der Waals surface area contributed by atoms with Crippen molar-refractivity contribution in [1.29, 1.82) is 0 Å². The summed E-state index contributed by atoms with van der Waals surface area (Å²) in [6, 6.07) is 7.94. The molecule has 0 saturated heterocycles. The predicted octanol–water partition coefficient (Wildman–Crippen LogP) is 1.89. The molecule has 0 fully saturated rings. The molecule has 2 rings (SSSR count). The highest BCUT2D eigenvalue weighted by atomic mass is 16.3. The number of nitrogens with one attached hydrogen (secondary N) is 1. The molecule has 0 aliphatic heterocycles. The number of para-hydroxylation sites is 1. The fraction of sp³-hybridized carbons (Fsp3) is 0.375. The lowest BCUT2D eigenvalue weighted by Gasteiger charge is -2.13. The van der Waals surface area contributed by atoms with E-state index in [9.17, 15) is 9.90 Å². The van der Waals surface area contributed by atoms with E-state index in [1.165, 1.54) is 0 Å². The van der Waals surface area contributed by atoms with Gasteiger partial charge in [-0.1, -0.05) is 18.2 Å². The first-order chi connectivity index (χ1) is 9.49. The van der Waals surface area contributed by atoms with Crippen LogP contribution < -0.4 is 5.32 Å². The van der Waals surface area contributed by atoms with Crippen molar-refractivity contribution < 1.29 is 9.90 Å². The zero-order valence-corrected chi connectivity index (χ0v) is 12.1. The Morgan fingerprint density at radius 1 is 1.35 bits per heavy atom. The van der Waals surface area contributed by atoms with Crippen LogP contribution in [0.2, 0.25) is 0 Å². The number of benzene rings is 1. The van der Waals surface area contributed by atoms with Crippen molar-refractivity contribution in [3.63, 3.8) is 0 Å². The molecule has 1 unspecified atom stereocenters. The molecule has 1 aromatic heterocycles. The van der Waals surface area contributed by atoms with Gasteiger partial charge in [-0.25, -0.2) is 0 Å². The fourth-order valence-corrected chi connectivity index (χ4v) is 2.32. The summed E-state index contributed by atoms with van der Waals surface area (Å²) in [6.07, 6.45) is -0.238. The third-order valence-corrected chi connectivity index (χ3v) is 3.42. The standard InChI is InChI=1S/C16H20N2O2/c1-10(19)9-17-16(20)8-14-11(2)13-6-4-5-7-15(13)18-12(14)3/h4-7,10,19H,8-9H2,1-3H3,(H,17,20). The zero-order chi connectivity index (χ0) is 14.7. The molecule has 1 atom stereocenters. The lowest BCUT2D eigenvalue weighted by Crippen LogP contribution is -2.32. The van der Waals surface area contributed by atoms with Gasteiger partial charge in [0.05, 0.1) is 18.0 Å². The first-order valence-corrected chi connectivity index (χ1v) is 6.78. The minimum Gasteiger partial charge on any atom is -0.392 e. The molecule has 4 heteroatoms. The van der Waals surface area contributed by atoms with Gasteiger partial charge >= 0.3 is 0 Å². The van der Waals surface area contributed by atoms with Crippen LogP contribution in [0.3, 0.4) is 0 Å². The van der Waals surface area contributed by atoms with Gasteiger partial charge in [0.2, 0.25) is 5.91 Å². The minimum absolute atomic E-state index is 0.0887. The number of amides is 1. The van der Waals surface area contributed by atoms with E-state index < -0.39 is 6.10 Å². The molecule has 106 valence electrons. The van der Waals surface area contributed by atoms with Crippen molar-refractivity contribution in [2.24, 2.45) is 0 Å². The molecular weight excluding hydrogens is 252 g/mol. The smallest absolute Gasteiger partial charge is 0.224 e. The molecule has 0 bridgehead atoms. The highest BCUT2D eigenvalue weighted by Gasteiger charge is 2.13. The largest absolute Gasteiger partial charge is 0.392 e. The van der Waals surface area contributed by atoms with Gasteiger partial charge in [0.25, 0.3) is 0 Å². The molecule has 0 spiro atoms. The van der Waals surface area contributed by atoms with Crippen LogP contribution in [0.4, 0.5) is 0 Å². The first-order valence-electron chi connectivity index (χ1n) is 6.78. The fourth-order valence-electron chi connectivity index (χ4n) is 2.32. The van der Waals surface area contributed by atoms with Crippen molar-refractivity contribution in [2.75, 3.05) is 6.54 Å². The number of aryl methyl sites for hydroxylation is 2. The zero-order valence-electron chi connectivity index (χ0n) is 12.1. The Kier molecular flexibility index (Phi) is 4.35. The third-order valence-electron chi connectivity index (χ3n) is 3.42. The van der Waals surface area contributed by atoms with Crippen molar-refractivity contribution in [3.8, 4) is 0 Å². The second kappa shape index (κ2) is 6.01. The number of pyridine rings is 1. The van der Waals surface area contributed by atoms with Crippen molar-refractivity contribution in [2.45, 2.75) is 33.3 Å². The quantitative estimate of drug-likeness (QED) is 0.893. The van der Waals surface area contributed by atoms with Crippen LogP contribution in [-0.4, -0.2) is 28.6 Å². The Morgan fingerprint density at radius 2 is 2.05 bits per heavy atom. The van der Waals surface area contributed by atoms with E-state index in [0.29, 0.717) is 6.42 Å². The molecular formula is C16H20N2O2. The van der Waals surface area contributed by atoms with Gasteiger partial charge in [-0.2, -0.15) is 0 Å². The molecule has 0 saturated carbocycles. The van der Waals surface area contributed by atoms with Crippen LogP contribution in [0.1, 0.15) is 23.7 Å². The average Bonchev–Trinajstić information content (AvgIpc) is 2.41. The van der Waals surface area contributed by atoms with Crippen molar-refractivity contribution >= 4 is 16.8 Å². The van der Waals surface area contributed by atoms with Gasteiger partial charge in [-0.05, 0) is 38.0 Å². The molecule has 1 heterocycles. The topological polar surface area (TPSA) is 62.2 Å². The maximum Gasteiger partial charge on any atom is 0.224 e. The predicted molar refractivity (Wildman–Crippen MR) is 79.6 cm³/mol. The average molecular weight is 272 g/mol. The number of carbonyl (C=O) groups is 1. The summed E-state index contributed by atoms with van der Waals surface area (Å²) in [7, 11) is 0. The lowest BCUT2D eigenvalue weighted by atomic mass is 9.99. The minimum atomic E-state index is -0.532. The number of hydrogen-bond donors (Lipinski definition) is 2. The van der Waals surface area contributed by atoms with Crippen LogP contribution in [0, 0.1) is 13.8 Å². The number of rotatable bonds is 4. The molecule has 2 N–H and O–H groups in total. The summed E-state index contributed by atoms with van der Waals surface area (Å²) in [5.74, 6) is -0.0887. The van der Waals surface area contributed by atoms with E-state index in [4.69, 9.17) is 0 Å². The van der Waals surface area contributed by atoms with Gasteiger partial charge < -0.3 is 10.4 Å². The van der Waals surface area contributed by atoms with Gasteiger partial charge in [0, 0.05) is 17.6 Å². The number of hydrogen-bond acceptors (Lipinski definition) is 3. The van der Waals surface area contributed by atoms with E-state index in [-0.39, 0.29) is 12.5 Å². The van der Waals surface area contributed by atoms with Crippen molar-refractivity contribution in [3.05, 3.63) is 41.1 Å². The molecule has 0 aliphatic carbocycles. The molecule has 1 aromatic carbocycles.